The van der Waals surface area contributed by atoms with Crippen molar-refractivity contribution in [2.24, 2.45) is 0 Å². The number of aromatic amines is 1. The number of rotatable bonds is 7. The Labute approximate surface area is 203 Å². The second-order valence-corrected chi connectivity index (χ2v) is 9.04. The average molecular weight is 475 g/mol. The fourth-order valence-corrected chi connectivity index (χ4v) is 4.76. The van der Waals surface area contributed by atoms with Crippen LogP contribution in [0.1, 0.15) is 48.3 Å². The molecule has 2 aromatic heterocycles. The van der Waals surface area contributed by atoms with E-state index in [1.807, 2.05) is 42.5 Å². The van der Waals surface area contributed by atoms with Gasteiger partial charge in [-0.25, -0.2) is 4.68 Å². The Morgan fingerprint density at radius 2 is 1.86 bits per heavy atom. The highest BCUT2D eigenvalue weighted by atomic mass is 16.5. The van der Waals surface area contributed by atoms with Gasteiger partial charge >= 0.3 is 0 Å². The van der Waals surface area contributed by atoms with E-state index in [1.54, 1.807) is 11.8 Å². The van der Waals surface area contributed by atoms with Gasteiger partial charge in [-0.3, -0.25) is 9.69 Å². The predicted octanol–water partition coefficient (Wildman–Crippen LogP) is 2.68. The number of hydrogen-bond acceptors (Lipinski definition) is 7. The lowest BCUT2D eigenvalue weighted by Crippen LogP contribution is -2.41. The number of ether oxygens (including phenoxy) is 1. The summed E-state index contributed by atoms with van der Waals surface area (Å²) in [4.78, 5) is 18.6. The highest BCUT2D eigenvalue weighted by Gasteiger charge is 2.32. The van der Waals surface area contributed by atoms with Gasteiger partial charge in [0.25, 0.3) is 5.56 Å². The first-order valence-electron chi connectivity index (χ1n) is 12.0. The summed E-state index contributed by atoms with van der Waals surface area (Å²) in [5.74, 6) is 1.39. The van der Waals surface area contributed by atoms with Crippen molar-refractivity contribution >= 4 is 10.9 Å². The quantitative estimate of drug-likeness (QED) is 0.424. The largest absolute Gasteiger partial charge is 0.497 e. The molecule has 1 aliphatic heterocycles. The Hall–Kier alpha value is -3.56. The summed E-state index contributed by atoms with van der Waals surface area (Å²) in [5.41, 5.74) is 3.48. The van der Waals surface area contributed by atoms with Crippen molar-refractivity contribution in [3.8, 4) is 5.75 Å². The lowest BCUT2D eigenvalue weighted by molar-refractivity contribution is 0.0659. The number of aryl methyl sites for hydroxylation is 1. The van der Waals surface area contributed by atoms with Gasteiger partial charge in [-0.05, 0) is 76.5 Å². The molecular formula is C26H30N6O3. The SMILES string of the molecule is CCc1ccc2[nH]c(=O)c([C@@H](c3nnnn3Cc3ccc(OC)cc3)N3CCC(O)CC3)cc2c1. The van der Waals surface area contributed by atoms with Crippen molar-refractivity contribution in [2.45, 2.75) is 44.9 Å². The van der Waals surface area contributed by atoms with Crippen LogP contribution in [0.5, 0.6) is 5.75 Å². The molecule has 1 saturated heterocycles. The van der Waals surface area contributed by atoms with E-state index < -0.39 is 6.04 Å². The molecule has 0 radical (unpaired) electrons. The molecule has 0 saturated carbocycles. The van der Waals surface area contributed by atoms with Gasteiger partial charge < -0.3 is 14.8 Å². The molecule has 35 heavy (non-hydrogen) atoms. The lowest BCUT2D eigenvalue weighted by Gasteiger charge is -2.35. The van der Waals surface area contributed by atoms with Crippen LogP contribution < -0.4 is 10.3 Å². The van der Waals surface area contributed by atoms with Gasteiger partial charge in [0.05, 0.1) is 19.8 Å². The molecule has 1 fully saturated rings. The zero-order valence-electron chi connectivity index (χ0n) is 20.0. The molecule has 0 unspecified atom stereocenters. The Bertz CT molecular complexity index is 1360. The van der Waals surface area contributed by atoms with Gasteiger partial charge in [0.1, 0.15) is 11.8 Å². The molecule has 2 aromatic carbocycles. The molecule has 0 amide bonds. The van der Waals surface area contributed by atoms with E-state index in [9.17, 15) is 9.90 Å². The minimum Gasteiger partial charge on any atom is -0.497 e. The smallest absolute Gasteiger partial charge is 0.253 e. The molecule has 1 atom stereocenters. The van der Waals surface area contributed by atoms with Gasteiger partial charge in [0.15, 0.2) is 5.82 Å². The number of piperidine rings is 1. The zero-order chi connectivity index (χ0) is 24.4. The fraction of sp³-hybridized carbons (Fsp3) is 0.385. The summed E-state index contributed by atoms with van der Waals surface area (Å²) >= 11 is 0. The van der Waals surface area contributed by atoms with Gasteiger partial charge in [0, 0.05) is 24.2 Å². The topological polar surface area (TPSA) is 109 Å². The maximum Gasteiger partial charge on any atom is 0.253 e. The van der Waals surface area contributed by atoms with Crippen molar-refractivity contribution in [1.82, 2.24) is 30.1 Å². The van der Waals surface area contributed by atoms with E-state index in [0.717, 1.165) is 28.6 Å². The van der Waals surface area contributed by atoms with Crippen LogP contribution in [0.3, 0.4) is 0 Å². The highest BCUT2D eigenvalue weighted by molar-refractivity contribution is 5.80. The number of nitrogens with one attached hydrogen (secondary N) is 1. The monoisotopic (exact) mass is 474 g/mol. The number of methoxy groups -OCH3 is 1. The van der Waals surface area contributed by atoms with E-state index in [1.165, 1.54) is 5.56 Å². The molecule has 1 aliphatic rings. The first kappa shape index (κ1) is 23.2. The Balaban J connectivity index is 1.58. The highest BCUT2D eigenvalue weighted by Crippen LogP contribution is 2.30. The number of aromatic nitrogens is 5. The second kappa shape index (κ2) is 9.97. The van der Waals surface area contributed by atoms with Crippen LogP contribution >= 0.6 is 0 Å². The van der Waals surface area contributed by atoms with Gasteiger partial charge in [-0.2, -0.15) is 0 Å². The lowest BCUT2D eigenvalue weighted by atomic mass is 9.98. The molecule has 0 bridgehead atoms. The van der Waals surface area contributed by atoms with Gasteiger partial charge in [-0.1, -0.05) is 25.1 Å². The molecule has 0 spiro atoms. The maximum atomic E-state index is 13.3. The Kier molecular flexibility index (Phi) is 6.61. The summed E-state index contributed by atoms with van der Waals surface area (Å²) < 4.78 is 7.02. The van der Waals surface area contributed by atoms with Crippen molar-refractivity contribution in [3.05, 3.63) is 81.4 Å². The van der Waals surface area contributed by atoms with E-state index in [0.29, 0.717) is 43.9 Å². The summed E-state index contributed by atoms with van der Waals surface area (Å²) in [6.07, 6.45) is 1.87. The summed E-state index contributed by atoms with van der Waals surface area (Å²) in [6.45, 7) is 3.87. The van der Waals surface area contributed by atoms with Crippen LogP contribution in [0.15, 0.2) is 53.3 Å². The molecule has 2 N–H and O–H groups in total. The van der Waals surface area contributed by atoms with Gasteiger partial charge in [0.2, 0.25) is 0 Å². The number of H-pyrrole nitrogens is 1. The minimum atomic E-state index is -0.436. The first-order valence-corrected chi connectivity index (χ1v) is 12.0. The van der Waals surface area contributed by atoms with Crippen LogP contribution in [0.4, 0.5) is 0 Å². The normalized spacial score (nSPS) is 16.0. The number of aliphatic hydroxyl groups is 1. The van der Waals surface area contributed by atoms with Crippen molar-refractivity contribution in [1.29, 1.82) is 0 Å². The maximum absolute atomic E-state index is 13.3. The first-order chi connectivity index (χ1) is 17.1. The number of hydrogen-bond donors (Lipinski definition) is 2. The number of fused-ring (bicyclic) bond motifs is 1. The van der Waals surface area contributed by atoms with E-state index in [-0.39, 0.29) is 11.7 Å². The molecule has 5 rings (SSSR count). The van der Waals surface area contributed by atoms with Crippen molar-refractivity contribution in [2.75, 3.05) is 20.2 Å². The predicted molar refractivity (Wildman–Crippen MR) is 133 cm³/mol. The van der Waals surface area contributed by atoms with Crippen LogP contribution in [0, 0.1) is 0 Å². The molecular weight excluding hydrogens is 444 g/mol. The van der Waals surface area contributed by atoms with Gasteiger partial charge in [-0.15, -0.1) is 5.10 Å². The molecule has 9 heteroatoms. The Morgan fingerprint density at radius 3 is 2.57 bits per heavy atom. The van der Waals surface area contributed by atoms with Crippen LogP contribution in [-0.2, 0) is 13.0 Å². The standard InChI is InChI=1S/C26H30N6O3/c1-3-17-6-9-23-19(14-17)15-22(26(34)27-23)24(31-12-10-20(33)11-13-31)25-28-29-30-32(25)16-18-4-7-21(35-2)8-5-18/h4-9,14-15,20,24,33H,3,10-13,16H2,1-2H3,(H,27,34)/t24-/m0/s1. The van der Waals surface area contributed by atoms with Crippen LogP contribution in [-0.4, -0.2) is 61.5 Å². The number of benzene rings is 2. The third-order valence-electron chi connectivity index (χ3n) is 6.80. The number of nitrogens with zero attached hydrogens (tertiary/aromatic N) is 5. The van der Waals surface area contributed by atoms with Crippen LogP contribution in [0.2, 0.25) is 0 Å². The molecule has 0 aliphatic carbocycles. The molecule has 4 aromatic rings. The van der Waals surface area contributed by atoms with Crippen molar-refractivity contribution in [3.63, 3.8) is 0 Å². The number of aliphatic hydroxyl groups excluding tert-OH is 1. The number of pyridine rings is 1. The minimum absolute atomic E-state index is 0.156. The Morgan fingerprint density at radius 1 is 1.11 bits per heavy atom. The number of tetrazole rings is 1. The van der Waals surface area contributed by atoms with E-state index in [2.05, 4.69) is 38.4 Å². The molecule has 182 valence electrons. The zero-order valence-corrected chi connectivity index (χ0v) is 20.0. The number of likely N-dealkylation sites (tertiary alicyclic amines) is 1. The molecule has 3 heterocycles. The summed E-state index contributed by atoms with van der Waals surface area (Å²) in [6, 6.07) is 15.4. The molecule has 9 nitrogen and oxygen atoms in total. The summed E-state index contributed by atoms with van der Waals surface area (Å²) in [7, 11) is 1.64. The third-order valence-corrected chi connectivity index (χ3v) is 6.80. The summed E-state index contributed by atoms with van der Waals surface area (Å²) in [5, 5.41) is 23.7. The third kappa shape index (κ3) is 4.82. The average Bonchev–Trinajstić information content (AvgIpc) is 3.33. The van der Waals surface area contributed by atoms with E-state index in [4.69, 9.17) is 4.74 Å². The van der Waals surface area contributed by atoms with Crippen molar-refractivity contribution < 1.29 is 9.84 Å². The fourth-order valence-electron chi connectivity index (χ4n) is 4.76. The van der Waals surface area contributed by atoms with Crippen LogP contribution in [0.25, 0.3) is 10.9 Å². The second-order valence-electron chi connectivity index (χ2n) is 9.04. The van der Waals surface area contributed by atoms with E-state index >= 15 is 0 Å².